The number of nitrogens with zero attached hydrogens (tertiary/aromatic N) is 1. The molecule has 0 spiro atoms. The van der Waals surface area contributed by atoms with E-state index in [2.05, 4.69) is 4.98 Å². The first kappa shape index (κ1) is 13.9. The normalized spacial score (nSPS) is 12.6. The van der Waals surface area contributed by atoms with Gasteiger partial charge in [-0.1, -0.05) is 0 Å². The Morgan fingerprint density at radius 1 is 1.41 bits per heavy atom. The zero-order valence-electron chi connectivity index (χ0n) is 10.3. The minimum Gasteiger partial charge on any atom is -0.388 e. The summed E-state index contributed by atoms with van der Waals surface area (Å²) in [4.78, 5) is 4.01. The van der Waals surface area contributed by atoms with E-state index in [0.29, 0.717) is 37.6 Å². The van der Waals surface area contributed by atoms with E-state index >= 15 is 0 Å². The molecule has 0 radical (unpaired) electrons. The molecule has 0 saturated carbocycles. The van der Waals surface area contributed by atoms with Crippen molar-refractivity contribution in [3.8, 4) is 0 Å². The minimum atomic E-state index is -0.634. The third-order valence-electron chi connectivity index (χ3n) is 2.41. The molecule has 0 aromatic carbocycles. The molecule has 1 heterocycles. The molecule has 0 aliphatic heterocycles. The van der Waals surface area contributed by atoms with Gasteiger partial charge in [0.25, 0.3) is 0 Å². The number of anilines is 1. The fourth-order valence-corrected chi connectivity index (χ4v) is 1.46. The number of rotatable bonds is 7. The zero-order valence-corrected chi connectivity index (χ0v) is 10.3. The first-order chi connectivity index (χ1) is 8.15. The third kappa shape index (κ3) is 4.68. The zero-order chi connectivity index (χ0) is 12.7. The molecule has 17 heavy (non-hydrogen) atoms. The van der Waals surface area contributed by atoms with Crippen LogP contribution >= 0.6 is 0 Å². The number of aromatic nitrogens is 1. The van der Waals surface area contributed by atoms with Crippen LogP contribution in [0.25, 0.3) is 0 Å². The van der Waals surface area contributed by atoms with Crippen molar-refractivity contribution in [1.29, 1.82) is 0 Å². The lowest BCUT2D eigenvalue weighted by molar-refractivity contribution is 0.0476. The SMILES string of the molecule is COCCOCCC(O)c1cc(C)cnc1N. The molecular formula is C12H20N2O3. The standard InChI is InChI=1S/C12H20N2O3/c1-9-7-10(12(13)14-8-9)11(15)3-4-17-6-5-16-2/h7-8,11,15H,3-6H2,1-2H3,(H2,13,14). The van der Waals surface area contributed by atoms with E-state index in [4.69, 9.17) is 15.2 Å². The molecule has 5 heteroatoms. The van der Waals surface area contributed by atoms with Gasteiger partial charge in [0, 0.05) is 31.9 Å². The maximum absolute atomic E-state index is 9.95. The average Bonchev–Trinajstić information content (AvgIpc) is 2.32. The van der Waals surface area contributed by atoms with Gasteiger partial charge in [-0.3, -0.25) is 0 Å². The van der Waals surface area contributed by atoms with Crippen LogP contribution in [0.4, 0.5) is 5.82 Å². The maximum Gasteiger partial charge on any atom is 0.129 e. The Morgan fingerprint density at radius 2 is 2.18 bits per heavy atom. The molecule has 96 valence electrons. The first-order valence-electron chi connectivity index (χ1n) is 5.62. The lowest BCUT2D eigenvalue weighted by Gasteiger charge is -2.13. The van der Waals surface area contributed by atoms with Crippen molar-refractivity contribution in [2.24, 2.45) is 0 Å². The number of aryl methyl sites for hydroxylation is 1. The van der Waals surface area contributed by atoms with Crippen molar-refractivity contribution < 1.29 is 14.6 Å². The highest BCUT2D eigenvalue weighted by molar-refractivity contribution is 5.42. The van der Waals surface area contributed by atoms with E-state index in [1.54, 1.807) is 13.3 Å². The fraction of sp³-hybridized carbons (Fsp3) is 0.583. The van der Waals surface area contributed by atoms with Crippen LogP contribution in [0.3, 0.4) is 0 Å². The van der Waals surface area contributed by atoms with Gasteiger partial charge in [0.2, 0.25) is 0 Å². The van der Waals surface area contributed by atoms with Gasteiger partial charge in [0.1, 0.15) is 5.82 Å². The van der Waals surface area contributed by atoms with Crippen molar-refractivity contribution in [2.45, 2.75) is 19.4 Å². The summed E-state index contributed by atoms with van der Waals surface area (Å²) >= 11 is 0. The largest absolute Gasteiger partial charge is 0.388 e. The number of aliphatic hydroxyl groups is 1. The molecule has 0 bridgehead atoms. The molecule has 1 aromatic rings. The van der Waals surface area contributed by atoms with Crippen molar-refractivity contribution in [3.05, 3.63) is 23.4 Å². The maximum atomic E-state index is 9.95. The highest BCUT2D eigenvalue weighted by atomic mass is 16.5. The highest BCUT2D eigenvalue weighted by Gasteiger charge is 2.12. The molecule has 5 nitrogen and oxygen atoms in total. The second-order valence-electron chi connectivity index (χ2n) is 3.90. The van der Waals surface area contributed by atoms with Crippen LogP contribution in [0.15, 0.2) is 12.3 Å². The molecule has 3 N–H and O–H groups in total. The quantitative estimate of drug-likeness (QED) is 0.697. The van der Waals surface area contributed by atoms with Crippen molar-refractivity contribution in [3.63, 3.8) is 0 Å². The molecule has 0 amide bonds. The summed E-state index contributed by atoms with van der Waals surface area (Å²) in [5, 5.41) is 9.95. The van der Waals surface area contributed by atoms with E-state index < -0.39 is 6.10 Å². The number of ether oxygens (including phenoxy) is 2. The van der Waals surface area contributed by atoms with Crippen LogP contribution in [0.2, 0.25) is 0 Å². The number of methoxy groups -OCH3 is 1. The van der Waals surface area contributed by atoms with Crippen molar-refractivity contribution in [1.82, 2.24) is 4.98 Å². The predicted octanol–water partition coefficient (Wildman–Crippen LogP) is 1.06. The van der Waals surface area contributed by atoms with Crippen LogP contribution in [0.5, 0.6) is 0 Å². The number of hydrogen-bond acceptors (Lipinski definition) is 5. The number of nitrogens with two attached hydrogens (primary N) is 1. The fourth-order valence-electron chi connectivity index (χ4n) is 1.46. The van der Waals surface area contributed by atoms with E-state index in [0.717, 1.165) is 5.56 Å². The summed E-state index contributed by atoms with van der Waals surface area (Å²) in [7, 11) is 1.62. The van der Waals surface area contributed by atoms with Crippen molar-refractivity contribution in [2.75, 3.05) is 32.7 Å². The van der Waals surface area contributed by atoms with Crippen LogP contribution < -0.4 is 5.73 Å². The minimum absolute atomic E-state index is 0.375. The Kier molecular flexibility index (Phi) is 5.90. The molecule has 0 aliphatic carbocycles. The first-order valence-corrected chi connectivity index (χ1v) is 5.62. The van der Waals surface area contributed by atoms with Gasteiger partial charge in [0.05, 0.1) is 19.3 Å². The van der Waals surface area contributed by atoms with Gasteiger partial charge in [-0.2, -0.15) is 0 Å². The molecular weight excluding hydrogens is 220 g/mol. The number of nitrogen functional groups attached to an aromatic ring is 1. The average molecular weight is 240 g/mol. The molecule has 1 atom stereocenters. The molecule has 0 aliphatic rings. The molecule has 0 saturated heterocycles. The lowest BCUT2D eigenvalue weighted by Crippen LogP contribution is -2.09. The second kappa shape index (κ2) is 7.21. The lowest BCUT2D eigenvalue weighted by atomic mass is 10.1. The summed E-state index contributed by atoms with van der Waals surface area (Å²) in [6.07, 6.45) is 1.55. The van der Waals surface area contributed by atoms with Gasteiger partial charge >= 0.3 is 0 Å². The van der Waals surface area contributed by atoms with Gasteiger partial charge in [-0.05, 0) is 18.6 Å². The summed E-state index contributed by atoms with van der Waals surface area (Å²) in [6.45, 7) is 3.48. The molecule has 0 fully saturated rings. The van der Waals surface area contributed by atoms with E-state index in [9.17, 15) is 5.11 Å². The number of aliphatic hydroxyl groups excluding tert-OH is 1. The predicted molar refractivity (Wildman–Crippen MR) is 65.7 cm³/mol. The Bertz CT molecular complexity index is 345. The van der Waals surface area contributed by atoms with Gasteiger partial charge in [0.15, 0.2) is 0 Å². The van der Waals surface area contributed by atoms with Crippen LogP contribution in [0.1, 0.15) is 23.7 Å². The third-order valence-corrected chi connectivity index (χ3v) is 2.41. The van der Waals surface area contributed by atoms with Gasteiger partial charge in [-0.15, -0.1) is 0 Å². The summed E-state index contributed by atoms with van der Waals surface area (Å²) in [5.41, 5.74) is 7.36. The Hall–Kier alpha value is -1.17. The smallest absolute Gasteiger partial charge is 0.129 e. The Morgan fingerprint density at radius 3 is 2.88 bits per heavy atom. The monoisotopic (exact) mass is 240 g/mol. The van der Waals surface area contributed by atoms with Crippen molar-refractivity contribution >= 4 is 5.82 Å². The molecule has 1 aromatic heterocycles. The molecule has 1 unspecified atom stereocenters. The summed E-state index contributed by atoms with van der Waals surface area (Å²) in [6, 6.07) is 1.85. The topological polar surface area (TPSA) is 77.6 Å². The van der Waals surface area contributed by atoms with Crippen LogP contribution in [-0.2, 0) is 9.47 Å². The Labute approximate surface area is 102 Å². The van der Waals surface area contributed by atoms with E-state index in [1.807, 2.05) is 13.0 Å². The number of pyridine rings is 1. The van der Waals surface area contributed by atoms with Crippen LogP contribution in [0, 0.1) is 6.92 Å². The second-order valence-corrected chi connectivity index (χ2v) is 3.90. The summed E-state index contributed by atoms with van der Waals surface area (Å²) < 4.78 is 10.1. The highest BCUT2D eigenvalue weighted by Crippen LogP contribution is 2.22. The number of hydrogen-bond donors (Lipinski definition) is 2. The Balaban J connectivity index is 2.41. The van der Waals surface area contributed by atoms with E-state index in [-0.39, 0.29) is 0 Å². The molecule has 1 rings (SSSR count). The van der Waals surface area contributed by atoms with Crippen LogP contribution in [-0.4, -0.2) is 37.0 Å². The van der Waals surface area contributed by atoms with Gasteiger partial charge in [-0.25, -0.2) is 4.98 Å². The van der Waals surface area contributed by atoms with E-state index in [1.165, 1.54) is 0 Å². The van der Waals surface area contributed by atoms with Gasteiger partial charge < -0.3 is 20.3 Å². The summed E-state index contributed by atoms with van der Waals surface area (Å²) in [5.74, 6) is 0.375.